The second-order valence-electron chi connectivity index (χ2n) is 5.03. The topological polar surface area (TPSA) is 56.8 Å². The number of carbonyl (C=O) groups excluding carboxylic acids is 1. The SMILES string of the molecule is COc1cc(/C=C/C(=O)Nc2cc(F)c(F)cc2F)cc(OC)c1OC. The molecule has 0 aliphatic carbocycles. The van der Waals surface area contributed by atoms with Crippen molar-refractivity contribution in [1.29, 1.82) is 0 Å². The van der Waals surface area contributed by atoms with Crippen LogP contribution in [0.1, 0.15) is 5.56 Å². The zero-order valence-corrected chi connectivity index (χ0v) is 14.2. The molecule has 0 aliphatic heterocycles. The smallest absolute Gasteiger partial charge is 0.248 e. The van der Waals surface area contributed by atoms with Gasteiger partial charge in [0.05, 0.1) is 27.0 Å². The lowest BCUT2D eigenvalue weighted by atomic mass is 10.1. The third-order valence-corrected chi connectivity index (χ3v) is 3.38. The van der Waals surface area contributed by atoms with Crippen molar-refractivity contribution in [3.63, 3.8) is 0 Å². The average molecular weight is 367 g/mol. The summed E-state index contributed by atoms with van der Waals surface area (Å²) < 4.78 is 55.2. The number of anilines is 1. The highest BCUT2D eigenvalue weighted by atomic mass is 19.2. The summed E-state index contributed by atoms with van der Waals surface area (Å²) in [7, 11) is 4.35. The molecule has 2 aromatic rings. The molecule has 0 heterocycles. The normalized spacial score (nSPS) is 10.7. The molecule has 138 valence electrons. The molecule has 0 radical (unpaired) electrons. The van der Waals surface area contributed by atoms with E-state index in [0.717, 1.165) is 6.08 Å². The molecule has 0 saturated heterocycles. The minimum Gasteiger partial charge on any atom is -0.493 e. The standard InChI is InChI=1S/C18H16F3NO4/c1-24-15-6-10(7-16(25-2)18(15)26-3)4-5-17(23)22-14-9-12(20)11(19)8-13(14)21/h4-9H,1-3H3,(H,22,23)/b5-4+. The predicted molar refractivity (Wildman–Crippen MR) is 90.1 cm³/mol. The first-order valence-corrected chi connectivity index (χ1v) is 7.33. The predicted octanol–water partition coefficient (Wildman–Crippen LogP) is 3.78. The maximum Gasteiger partial charge on any atom is 0.248 e. The molecular formula is C18H16F3NO4. The summed E-state index contributed by atoms with van der Waals surface area (Å²) in [5.41, 5.74) is 0.0730. The summed E-state index contributed by atoms with van der Waals surface area (Å²) in [6.07, 6.45) is 2.51. The highest BCUT2D eigenvalue weighted by Crippen LogP contribution is 2.38. The number of halogens is 3. The van der Waals surface area contributed by atoms with Crippen LogP contribution in [-0.2, 0) is 4.79 Å². The molecule has 0 aliphatic rings. The summed E-state index contributed by atoms with van der Waals surface area (Å²) in [6, 6.07) is 4.12. The van der Waals surface area contributed by atoms with Gasteiger partial charge in [-0.3, -0.25) is 4.79 Å². The van der Waals surface area contributed by atoms with Crippen molar-refractivity contribution in [2.45, 2.75) is 0 Å². The molecule has 0 bridgehead atoms. The number of hydrogen-bond donors (Lipinski definition) is 1. The Labute approximate surface area is 148 Å². The van der Waals surface area contributed by atoms with Crippen LogP contribution < -0.4 is 19.5 Å². The second-order valence-corrected chi connectivity index (χ2v) is 5.03. The Kier molecular flexibility index (Phi) is 6.11. The van der Waals surface area contributed by atoms with Gasteiger partial charge in [-0.25, -0.2) is 13.2 Å². The van der Waals surface area contributed by atoms with Crippen LogP contribution in [0, 0.1) is 17.5 Å². The number of ether oxygens (including phenoxy) is 3. The van der Waals surface area contributed by atoms with Crippen LogP contribution >= 0.6 is 0 Å². The molecule has 2 rings (SSSR count). The number of nitrogens with one attached hydrogen (secondary N) is 1. The van der Waals surface area contributed by atoms with E-state index in [0.29, 0.717) is 34.9 Å². The van der Waals surface area contributed by atoms with Crippen molar-refractivity contribution in [3.05, 3.63) is 53.4 Å². The van der Waals surface area contributed by atoms with Crippen molar-refractivity contribution in [2.24, 2.45) is 0 Å². The zero-order chi connectivity index (χ0) is 19.3. The van der Waals surface area contributed by atoms with Gasteiger partial charge in [-0.2, -0.15) is 0 Å². The molecule has 8 heteroatoms. The van der Waals surface area contributed by atoms with Crippen molar-refractivity contribution in [1.82, 2.24) is 0 Å². The lowest BCUT2D eigenvalue weighted by Gasteiger charge is -2.12. The Balaban J connectivity index is 2.21. The minimum absolute atomic E-state index is 0.355. The number of amides is 1. The van der Waals surface area contributed by atoms with Gasteiger partial charge >= 0.3 is 0 Å². The molecule has 0 atom stereocenters. The first-order valence-electron chi connectivity index (χ1n) is 7.33. The fraction of sp³-hybridized carbons (Fsp3) is 0.167. The van der Waals surface area contributed by atoms with Gasteiger partial charge in [-0.1, -0.05) is 0 Å². The van der Waals surface area contributed by atoms with E-state index in [4.69, 9.17) is 14.2 Å². The van der Waals surface area contributed by atoms with E-state index in [9.17, 15) is 18.0 Å². The van der Waals surface area contributed by atoms with Gasteiger partial charge in [0.2, 0.25) is 11.7 Å². The van der Waals surface area contributed by atoms with Crippen LogP contribution in [0.25, 0.3) is 6.08 Å². The van der Waals surface area contributed by atoms with E-state index in [1.54, 1.807) is 12.1 Å². The summed E-state index contributed by atoms with van der Waals surface area (Å²) in [6.45, 7) is 0. The van der Waals surface area contributed by atoms with Crippen molar-refractivity contribution >= 4 is 17.7 Å². The van der Waals surface area contributed by atoms with E-state index >= 15 is 0 Å². The summed E-state index contributed by atoms with van der Waals surface area (Å²) >= 11 is 0. The molecule has 0 fully saturated rings. The van der Waals surface area contributed by atoms with E-state index < -0.39 is 29.0 Å². The van der Waals surface area contributed by atoms with E-state index in [1.807, 2.05) is 0 Å². The lowest BCUT2D eigenvalue weighted by Crippen LogP contribution is -2.10. The summed E-state index contributed by atoms with van der Waals surface area (Å²) in [5, 5.41) is 2.13. The Hall–Kier alpha value is -3.16. The third kappa shape index (κ3) is 4.27. The first kappa shape index (κ1) is 19.2. The van der Waals surface area contributed by atoms with E-state index in [2.05, 4.69) is 5.32 Å². The second kappa shape index (κ2) is 8.28. The van der Waals surface area contributed by atoms with Crippen molar-refractivity contribution in [2.75, 3.05) is 26.6 Å². The van der Waals surface area contributed by atoms with Crippen LogP contribution in [0.4, 0.5) is 18.9 Å². The van der Waals surface area contributed by atoms with Crippen LogP contribution in [0.5, 0.6) is 17.2 Å². The number of methoxy groups -OCH3 is 3. The minimum atomic E-state index is -1.34. The van der Waals surface area contributed by atoms with E-state index in [1.165, 1.54) is 27.4 Å². The summed E-state index contributed by atoms with van der Waals surface area (Å²) in [5.74, 6) is -3.26. The number of carbonyl (C=O) groups is 1. The van der Waals surface area contributed by atoms with Gasteiger partial charge in [0.1, 0.15) is 5.82 Å². The van der Waals surface area contributed by atoms with E-state index in [-0.39, 0.29) is 0 Å². The Morgan fingerprint density at radius 3 is 2.00 bits per heavy atom. The van der Waals surface area contributed by atoms with Gasteiger partial charge in [0.15, 0.2) is 23.1 Å². The fourth-order valence-electron chi connectivity index (χ4n) is 2.16. The molecule has 0 saturated carbocycles. The molecule has 0 aromatic heterocycles. The molecule has 5 nitrogen and oxygen atoms in total. The molecule has 0 spiro atoms. The van der Waals surface area contributed by atoms with Gasteiger partial charge in [0.25, 0.3) is 0 Å². The van der Waals surface area contributed by atoms with Crippen LogP contribution in [0.2, 0.25) is 0 Å². The maximum absolute atomic E-state index is 13.5. The highest BCUT2D eigenvalue weighted by molar-refractivity contribution is 6.02. The van der Waals surface area contributed by atoms with Crippen molar-refractivity contribution < 1.29 is 32.2 Å². The summed E-state index contributed by atoms with van der Waals surface area (Å²) in [4.78, 5) is 11.9. The number of rotatable bonds is 6. The third-order valence-electron chi connectivity index (χ3n) is 3.38. The molecule has 2 aromatic carbocycles. The van der Waals surface area contributed by atoms with Crippen molar-refractivity contribution in [3.8, 4) is 17.2 Å². The number of benzene rings is 2. The largest absolute Gasteiger partial charge is 0.493 e. The zero-order valence-electron chi connectivity index (χ0n) is 14.2. The quantitative estimate of drug-likeness (QED) is 0.624. The van der Waals surface area contributed by atoms with Gasteiger partial charge in [-0.15, -0.1) is 0 Å². The van der Waals surface area contributed by atoms with Crippen LogP contribution in [0.3, 0.4) is 0 Å². The highest BCUT2D eigenvalue weighted by Gasteiger charge is 2.13. The van der Waals surface area contributed by atoms with Gasteiger partial charge in [-0.05, 0) is 23.8 Å². The van der Waals surface area contributed by atoms with Gasteiger partial charge in [0, 0.05) is 18.2 Å². The average Bonchev–Trinajstić information content (AvgIpc) is 2.63. The monoisotopic (exact) mass is 367 g/mol. The van der Waals surface area contributed by atoms with Gasteiger partial charge < -0.3 is 19.5 Å². The Bertz CT molecular complexity index is 828. The molecule has 26 heavy (non-hydrogen) atoms. The number of hydrogen-bond acceptors (Lipinski definition) is 4. The first-order chi connectivity index (χ1) is 12.4. The Morgan fingerprint density at radius 2 is 1.46 bits per heavy atom. The van der Waals surface area contributed by atoms with Crippen LogP contribution in [-0.4, -0.2) is 27.2 Å². The molecular weight excluding hydrogens is 351 g/mol. The molecule has 1 N–H and O–H groups in total. The van der Waals surface area contributed by atoms with Crippen LogP contribution in [0.15, 0.2) is 30.3 Å². The lowest BCUT2D eigenvalue weighted by molar-refractivity contribution is -0.111. The Morgan fingerprint density at radius 1 is 0.885 bits per heavy atom. The molecule has 1 amide bonds. The maximum atomic E-state index is 13.5. The molecule has 0 unspecified atom stereocenters. The fourth-order valence-corrected chi connectivity index (χ4v) is 2.16.